The van der Waals surface area contributed by atoms with E-state index in [1.807, 2.05) is 0 Å². The minimum atomic E-state index is 0.538. The first kappa shape index (κ1) is 30.9. The van der Waals surface area contributed by atoms with Crippen molar-refractivity contribution in [2.45, 2.75) is 40.0 Å². The molecule has 0 bridgehead atoms. The molecule has 8 nitrogen and oxygen atoms in total. The van der Waals surface area contributed by atoms with Gasteiger partial charge in [-0.1, -0.05) is 33.6 Å². The van der Waals surface area contributed by atoms with Crippen LogP contribution < -0.4 is 5.73 Å². The van der Waals surface area contributed by atoms with Crippen LogP contribution in [0.2, 0.25) is 0 Å². The fraction of sp³-hybridized carbons (Fsp3) is 1.00. The SMILES string of the molecule is CCCC.CCCOCCOCCOCCOCCOCCOCCOCCN. The largest absolute Gasteiger partial charge is 0.379 e. The molecule has 0 saturated carbocycles. The van der Waals surface area contributed by atoms with E-state index in [0.717, 1.165) is 13.0 Å². The Labute approximate surface area is 178 Å². The molecule has 0 aliphatic carbocycles. The lowest BCUT2D eigenvalue weighted by molar-refractivity contribution is -0.0202. The zero-order valence-electron chi connectivity index (χ0n) is 19.2. The molecule has 0 unspecified atom stereocenters. The molecule has 0 aliphatic heterocycles. The number of ether oxygens (including phenoxy) is 7. The Balaban J connectivity index is 0. The molecule has 0 heterocycles. The van der Waals surface area contributed by atoms with Gasteiger partial charge < -0.3 is 38.9 Å². The lowest BCUT2D eigenvalue weighted by Gasteiger charge is -2.08. The summed E-state index contributed by atoms with van der Waals surface area (Å²) in [5.74, 6) is 0. The van der Waals surface area contributed by atoms with Gasteiger partial charge in [-0.2, -0.15) is 0 Å². The number of unbranched alkanes of at least 4 members (excludes halogenated alkanes) is 1. The fourth-order valence-corrected chi connectivity index (χ4v) is 1.65. The molecule has 2 N–H and O–H groups in total. The van der Waals surface area contributed by atoms with Crippen LogP contribution in [0.3, 0.4) is 0 Å². The minimum Gasteiger partial charge on any atom is -0.379 e. The van der Waals surface area contributed by atoms with Gasteiger partial charge in [-0.15, -0.1) is 0 Å². The second-order valence-electron chi connectivity index (χ2n) is 6.08. The lowest BCUT2D eigenvalue weighted by atomic mass is 10.4. The smallest absolute Gasteiger partial charge is 0.0701 e. The average molecular weight is 426 g/mol. The van der Waals surface area contributed by atoms with Crippen molar-refractivity contribution in [1.29, 1.82) is 0 Å². The van der Waals surface area contributed by atoms with Crippen molar-refractivity contribution < 1.29 is 33.2 Å². The maximum atomic E-state index is 5.39. The number of rotatable bonds is 23. The molecule has 0 fully saturated rings. The number of nitrogens with two attached hydrogens (primary N) is 1. The van der Waals surface area contributed by atoms with Gasteiger partial charge in [-0.25, -0.2) is 0 Å². The molecular formula is C21H47NO7. The summed E-state index contributed by atoms with van der Waals surface area (Å²) < 4.78 is 37.3. The minimum absolute atomic E-state index is 0.538. The van der Waals surface area contributed by atoms with Crippen LogP contribution in [0.5, 0.6) is 0 Å². The molecule has 0 radical (unpaired) electrons. The first-order valence-corrected chi connectivity index (χ1v) is 11.1. The van der Waals surface area contributed by atoms with Gasteiger partial charge in [-0.05, 0) is 6.42 Å². The van der Waals surface area contributed by atoms with Crippen LogP contribution in [0.25, 0.3) is 0 Å². The summed E-state index contributed by atoms with van der Waals surface area (Å²) in [4.78, 5) is 0. The summed E-state index contributed by atoms with van der Waals surface area (Å²) >= 11 is 0. The first-order chi connectivity index (χ1) is 14.3. The van der Waals surface area contributed by atoms with E-state index in [0.29, 0.717) is 92.4 Å². The topological polar surface area (TPSA) is 90.6 Å². The van der Waals surface area contributed by atoms with E-state index in [9.17, 15) is 0 Å². The molecule has 0 aromatic carbocycles. The van der Waals surface area contributed by atoms with E-state index in [1.54, 1.807) is 0 Å². The molecule has 8 heteroatoms. The van der Waals surface area contributed by atoms with Gasteiger partial charge in [0.05, 0.1) is 85.9 Å². The van der Waals surface area contributed by atoms with E-state index >= 15 is 0 Å². The highest BCUT2D eigenvalue weighted by Crippen LogP contribution is 1.85. The molecule has 0 rings (SSSR count). The third-order valence-corrected chi connectivity index (χ3v) is 3.34. The van der Waals surface area contributed by atoms with Gasteiger partial charge >= 0.3 is 0 Å². The summed E-state index contributed by atoms with van der Waals surface area (Å²) in [5, 5.41) is 0. The quantitative estimate of drug-likeness (QED) is 0.249. The van der Waals surface area contributed by atoms with Crippen LogP contribution in [-0.2, 0) is 33.2 Å². The Bertz CT molecular complexity index is 237. The van der Waals surface area contributed by atoms with Crippen molar-refractivity contribution in [3.8, 4) is 0 Å². The van der Waals surface area contributed by atoms with E-state index in [1.165, 1.54) is 12.8 Å². The normalized spacial score (nSPS) is 10.8. The second kappa shape index (κ2) is 32.3. The first-order valence-electron chi connectivity index (χ1n) is 11.1. The van der Waals surface area contributed by atoms with Gasteiger partial charge in [0.1, 0.15) is 0 Å². The van der Waals surface area contributed by atoms with Crippen molar-refractivity contribution in [1.82, 2.24) is 0 Å². The van der Waals surface area contributed by atoms with Gasteiger partial charge in [0.2, 0.25) is 0 Å². The predicted octanol–water partition coefficient (Wildman–Crippen LogP) is 2.28. The van der Waals surface area contributed by atoms with Crippen LogP contribution in [0.15, 0.2) is 0 Å². The Hall–Kier alpha value is -0.320. The Morgan fingerprint density at radius 1 is 0.345 bits per heavy atom. The third kappa shape index (κ3) is 35.5. The van der Waals surface area contributed by atoms with E-state index in [4.69, 9.17) is 38.9 Å². The highest BCUT2D eigenvalue weighted by molar-refractivity contribution is 4.37. The summed E-state index contributed by atoms with van der Waals surface area (Å²) in [6.45, 7) is 15.2. The highest BCUT2D eigenvalue weighted by Gasteiger charge is 1.94. The average Bonchev–Trinajstić information content (AvgIpc) is 2.75. The molecule has 178 valence electrons. The molecule has 29 heavy (non-hydrogen) atoms. The van der Waals surface area contributed by atoms with Crippen molar-refractivity contribution in [3.63, 3.8) is 0 Å². The molecular weight excluding hydrogens is 378 g/mol. The molecule has 0 atom stereocenters. The lowest BCUT2D eigenvalue weighted by Crippen LogP contribution is -2.15. The van der Waals surface area contributed by atoms with Gasteiger partial charge in [0, 0.05) is 13.2 Å². The Morgan fingerprint density at radius 3 is 0.793 bits per heavy atom. The van der Waals surface area contributed by atoms with Gasteiger partial charge in [-0.3, -0.25) is 0 Å². The summed E-state index contributed by atoms with van der Waals surface area (Å²) in [6.07, 6.45) is 3.67. The van der Waals surface area contributed by atoms with Crippen LogP contribution in [0.4, 0.5) is 0 Å². The molecule has 0 saturated heterocycles. The van der Waals surface area contributed by atoms with Crippen molar-refractivity contribution >= 4 is 0 Å². The molecule has 0 aromatic rings. The highest BCUT2D eigenvalue weighted by atomic mass is 16.6. The van der Waals surface area contributed by atoms with Crippen LogP contribution >= 0.6 is 0 Å². The van der Waals surface area contributed by atoms with E-state index in [-0.39, 0.29) is 0 Å². The van der Waals surface area contributed by atoms with Crippen LogP contribution in [0.1, 0.15) is 40.0 Å². The molecule has 0 amide bonds. The van der Waals surface area contributed by atoms with Crippen LogP contribution in [0, 0.1) is 0 Å². The maximum Gasteiger partial charge on any atom is 0.0701 e. The molecule has 0 aromatic heterocycles. The third-order valence-electron chi connectivity index (χ3n) is 3.34. The summed E-state index contributed by atoms with van der Waals surface area (Å²) in [5.41, 5.74) is 5.30. The van der Waals surface area contributed by atoms with Crippen molar-refractivity contribution in [3.05, 3.63) is 0 Å². The number of hydrogen-bond donors (Lipinski definition) is 1. The fourth-order valence-electron chi connectivity index (χ4n) is 1.65. The monoisotopic (exact) mass is 425 g/mol. The van der Waals surface area contributed by atoms with Crippen molar-refractivity contribution in [2.75, 3.05) is 99.0 Å². The Morgan fingerprint density at radius 2 is 0.586 bits per heavy atom. The number of hydrogen-bond acceptors (Lipinski definition) is 8. The van der Waals surface area contributed by atoms with Crippen molar-refractivity contribution in [2.24, 2.45) is 5.73 Å². The summed E-state index contributed by atoms with van der Waals surface area (Å²) in [7, 11) is 0. The predicted molar refractivity (Wildman–Crippen MR) is 116 cm³/mol. The summed E-state index contributed by atoms with van der Waals surface area (Å²) in [6, 6.07) is 0. The zero-order valence-corrected chi connectivity index (χ0v) is 19.2. The Kier molecular flexibility index (Phi) is 34.4. The zero-order chi connectivity index (χ0) is 21.7. The molecule has 0 spiro atoms. The standard InChI is InChI=1S/C17H37NO7.C4H10/c1-2-4-19-6-8-21-10-12-23-14-16-25-17-15-24-13-11-22-9-7-20-5-3-18;1-3-4-2/h2-18H2,1H3;3-4H2,1-2H3. The second-order valence-corrected chi connectivity index (χ2v) is 6.08. The van der Waals surface area contributed by atoms with Gasteiger partial charge in [0.15, 0.2) is 0 Å². The van der Waals surface area contributed by atoms with Gasteiger partial charge in [0.25, 0.3) is 0 Å². The molecule has 0 aliphatic rings. The van der Waals surface area contributed by atoms with E-state index < -0.39 is 0 Å². The van der Waals surface area contributed by atoms with Crippen LogP contribution in [-0.4, -0.2) is 99.0 Å². The van der Waals surface area contributed by atoms with E-state index in [2.05, 4.69) is 20.8 Å². The maximum absolute atomic E-state index is 5.39.